The van der Waals surface area contributed by atoms with Crippen LogP contribution in [0.5, 0.6) is 0 Å². The number of nitrogens with zero attached hydrogens (tertiary/aromatic N) is 2. The minimum absolute atomic E-state index is 0.208. The highest BCUT2D eigenvalue weighted by atomic mass is 35.5. The van der Waals surface area contributed by atoms with Crippen LogP contribution in [0.15, 0.2) is 63.9 Å². The second kappa shape index (κ2) is 7.17. The van der Waals surface area contributed by atoms with Crippen molar-refractivity contribution in [2.75, 3.05) is 24.5 Å². The molecule has 0 saturated carbocycles. The monoisotopic (exact) mass is 405 g/mol. The lowest BCUT2D eigenvalue weighted by Gasteiger charge is -2.33. The van der Waals surface area contributed by atoms with Crippen LogP contribution in [0.2, 0.25) is 5.02 Å². The van der Waals surface area contributed by atoms with Gasteiger partial charge in [-0.05, 0) is 42.8 Å². The predicted octanol–water partition coefficient (Wildman–Crippen LogP) is 4.46. The minimum Gasteiger partial charge on any atom is -0.453 e. The summed E-state index contributed by atoms with van der Waals surface area (Å²) in [7, 11) is 0. The summed E-state index contributed by atoms with van der Waals surface area (Å²) < 4.78 is 6.09. The molecule has 2 aromatic heterocycles. The third kappa shape index (κ3) is 3.16. The highest BCUT2D eigenvalue weighted by molar-refractivity contribution is 6.35. The van der Waals surface area contributed by atoms with Gasteiger partial charge in [-0.3, -0.25) is 4.79 Å². The van der Waals surface area contributed by atoms with E-state index in [1.54, 1.807) is 24.4 Å². The van der Waals surface area contributed by atoms with Gasteiger partial charge in [-0.15, -0.1) is 0 Å². The van der Waals surface area contributed by atoms with Crippen molar-refractivity contribution < 1.29 is 4.42 Å². The smallest absolute Gasteiger partial charge is 0.220 e. The molecule has 0 bridgehead atoms. The number of fused-ring (bicyclic) bond motifs is 2. The maximum absolute atomic E-state index is 13.0. The van der Waals surface area contributed by atoms with Crippen molar-refractivity contribution >= 4 is 39.4 Å². The Hall–Kier alpha value is -2.89. The first kappa shape index (κ1) is 18.2. The van der Waals surface area contributed by atoms with Crippen LogP contribution in [0.25, 0.3) is 33.2 Å². The van der Waals surface area contributed by atoms with Crippen LogP contribution < -0.4 is 15.6 Å². The summed E-state index contributed by atoms with van der Waals surface area (Å²) in [5, 5.41) is 4.21. The normalized spacial score (nSPS) is 17.2. The molecule has 0 unspecified atom stereocenters. The fraction of sp³-hybridized carbons (Fsp3) is 0.217. The lowest BCUT2D eigenvalue weighted by Crippen LogP contribution is -2.49. The molecule has 146 valence electrons. The van der Waals surface area contributed by atoms with E-state index in [2.05, 4.69) is 46.4 Å². The Morgan fingerprint density at radius 1 is 1.17 bits per heavy atom. The van der Waals surface area contributed by atoms with E-state index in [-0.39, 0.29) is 5.43 Å². The van der Waals surface area contributed by atoms with Crippen molar-refractivity contribution in [2.45, 2.75) is 13.0 Å². The number of benzene rings is 2. The van der Waals surface area contributed by atoms with Gasteiger partial charge in [-0.2, -0.15) is 0 Å². The third-order valence-corrected chi connectivity index (χ3v) is 5.76. The van der Waals surface area contributed by atoms with E-state index in [1.807, 2.05) is 6.07 Å². The van der Waals surface area contributed by atoms with Gasteiger partial charge >= 0.3 is 0 Å². The zero-order valence-corrected chi connectivity index (χ0v) is 16.7. The number of hydrogen-bond donors (Lipinski definition) is 1. The van der Waals surface area contributed by atoms with E-state index >= 15 is 0 Å². The van der Waals surface area contributed by atoms with E-state index < -0.39 is 0 Å². The third-order valence-electron chi connectivity index (χ3n) is 5.45. The summed E-state index contributed by atoms with van der Waals surface area (Å²) in [6.45, 7) is 5.16. The molecule has 0 spiro atoms. The largest absolute Gasteiger partial charge is 0.453 e. The second-order valence-electron chi connectivity index (χ2n) is 7.43. The van der Waals surface area contributed by atoms with Crippen LogP contribution in [0.3, 0.4) is 0 Å². The SMILES string of the molecule is C[C@H]1CN(c2ccc(-c3ccnc4c(=O)c5c(Cl)cccc5oc34)cc2)CCN1. The molecular weight excluding hydrogens is 386 g/mol. The van der Waals surface area contributed by atoms with Gasteiger partial charge in [0.05, 0.1) is 10.4 Å². The molecule has 29 heavy (non-hydrogen) atoms. The zero-order chi connectivity index (χ0) is 20.0. The first-order chi connectivity index (χ1) is 14.1. The Labute approximate surface area is 172 Å². The Kier molecular flexibility index (Phi) is 4.49. The molecule has 0 radical (unpaired) electrons. The van der Waals surface area contributed by atoms with Gasteiger partial charge in [-0.1, -0.05) is 29.8 Å². The number of anilines is 1. The van der Waals surface area contributed by atoms with E-state index in [9.17, 15) is 4.79 Å². The topological polar surface area (TPSA) is 58.4 Å². The highest BCUT2D eigenvalue weighted by Crippen LogP contribution is 2.31. The summed E-state index contributed by atoms with van der Waals surface area (Å²) in [6.07, 6.45) is 1.64. The standard InChI is InChI=1S/C23H20ClN3O2/c1-14-13-27(12-11-25-14)16-7-5-15(6-8-16)17-9-10-26-21-22(28)20-18(24)3-2-4-19(20)29-23(17)21/h2-10,14,25H,11-13H2,1H3/t14-/m0/s1. The van der Waals surface area contributed by atoms with E-state index in [1.165, 1.54) is 5.69 Å². The summed E-state index contributed by atoms with van der Waals surface area (Å²) in [5.41, 5.74) is 4.05. The number of piperazine rings is 1. The van der Waals surface area contributed by atoms with Crippen LogP contribution >= 0.6 is 11.6 Å². The van der Waals surface area contributed by atoms with Gasteiger partial charge in [0.15, 0.2) is 11.1 Å². The predicted molar refractivity (Wildman–Crippen MR) is 118 cm³/mol. The number of rotatable bonds is 2. The first-order valence-electron chi connectivity index (χ1n) is 9.70. The average Bonchev–Trinajstić information content (AvgIpc) is 2.74. The summed E-state index contributed by atoms with van der Waals surface area (Å²) >= 11 is 6.22. The Morgan fingerprint density at radius 2 is 2.00 bits per heavy atom. The maximum atomic E-state index is 13.0. The minimum atomic E-state index is -0.208. The van der Waals surface area contributed by atoms with Gasteiger partial charge in [0.25, 0.3) is 0 Å². The van der Waals surface area contributed by atoms with Crippen molar-refractivity contribution in [3.8, 4) is 11.1 Å². The van der Waals surface area contributed by atoms with Crippen molar-refractivity contribution in [1.29, 1.82) is 0 Å². The Bertz CT molecular complexity index is 1270. The molecule has 4 aromatic rings. The van der Waals surface area contributed by atoms with Crippen LogP contribution in [0, 0.1) is 0 Å². The number of halogens is 1. The lowest BCUT2D eigenvalue weighted by molar-refractivity contribution is 0.485. The van der Waals surface area contributed by atoms with Gasteiger partial charge in [0.1, 0.15) is 5.58 Å². The molecule has 1 N–H and O–H groups in total. The maximum Gasteiger partial charge on any atom is 0.220 e. The van der Waals surface area contributed by atoms with Crippen molar-refractivity contribution in [2.24, 2.45) is 0 Å². The van der Waals surface area contributed by atoms with E-state index in [4.69, 9.17) is 16.0 Å². The molecule has 6 heteroatoms. The number of pyridine rings is 1. The fourth-order valence-electron chi connectivity index (χ4n) is 4.00. The molecule has 5 nitrogen and oxygen atoms in total. The first-order valence-corrected chi connectivity index (χ1v) is 10.1. The van der Waals surface area contributed by atoms with Crippen molar-refractivity contribution in [3.05, 3.63) is 70.0 Å². The molecule has 1 fully saturated rings. The molecule has 0 aliphatic carbocycles. The van der Waals surface area contributed by atoms with Crippen LogP contribution in [-0.2, 0) is 0 Å². The molecule has 3 heterocycles. The second-order valence-corrected chi connectivity index (χ2v) is 7.84. The summed E-state index contributed by atoms with van der Waals surface area (Å²) in [5.74, 6) is 0. The molecular formula is C23H20ClN3O2. The fourth-order valence-corrected chi connectivity index (χ4v) is 4.25. The number of nitrogens with one attached hydrogen (secondary N) is 1. The Morgan fingerprint density at radius 3 is 2.79 bits per heavy atom. The molecule has 1 aliphatic heterocycles. The summed E-state index contributed by atoms with van der Waals surface area (Å²) in [6, 6.07) is 16.0. The lowest BCUT2D eigenvalue weighted by atomic mass is 10.0. The molecule has 1 saturated heterocycles. The van der Waals surface area contributed by atoms with Gasteiger partial charge < -0.3 is 14.6 Å². The van der Waals surface area contributed by atoms with Gasteiger partial charge in [0, 0.05) is 43.1 Å². The van der Waals surface area contributed by atoms with Crippen LogP contribution in [0.1, 0.15) is 6.92 Å². The molecule has 1 aliphatic rings. The molecule has 5 rings (SSSR count). The average molecular weight is 406 g/mol. The quantitative estimate of drug-likeness (QED) is 0.499. The number of hydrogen-bond acceptors (Lipinski definition) is 5. The van der Waals surface area contributed by atoms with Gasteiger partial charge in [0.2, 0.25) is 5.43 Å². The van der Waals surface area contributed by atoms with Gasteiger partial charge in [-0.25, -0.2) is 4.98 Å². The Balaban J connectivity index is 1.62. The van der Waals surface area contributed by atoms with Crippen molar-refractivity contribution in [1.82, 2.24) is 10.3 Å². The molecule has 0 amide bonds. The summed E-state index contributed by atoms with van der Waals surface area (Å²) in [4.78, 5) is 19.6. The van der Waals surface area contributed by atoms with E-state index in [0.717, 1.165) is 30.8 Å². The number of aromatic nitrogens is 1. The van der Waals surface area contributed by atoms with Crippen LogP contribution in [0.4, 0.5) is 5.69 Å². The highest BCUT2D eigenvalue weighted by Gasteiger charge is 2.17. The van der Waals surface area contributed by atoms with E-state index in [0.29, 0.717) is 33.1 Å². The van der Waals surface area contributed by atoms with Crippen molar-refractivity contribution in [3.63, 3.8) is 0 Å². The van der Waals surface area contributed by atoms with Crippen LogP contribution in [-0.4, -0.2) is 30.7 Å². The molecule has 1 atom stereocenters. The zero-order valence-electron chi connectivity index (χ0n) is 16.0. The molecule has 2 aromatic carbocycles.